The zero-order chi connectivity index (χ0) is 30.6. The van der Waals surface area contributed by atoms with Gasteiger partial charge in [0.2, 0.25) is 5.88 Å². The van der Waals surface area contributed by atoms with Gasteiger partial charge in [-0.2, -0.15) is 13.2 Å². The Balaban J connectivity index is 0.000000231. The summed E-state index contributed by atoms with van der Waals surface area (Å²) in [5.74, 6) is -3.26. The molecule has 2 aromatic rings. The third kappa shape index (κ3) is 11.3. The van der Waals surface area contributed by atoms with Gasteiger partial charge in [-0.3, -0.25) is 4.98 Å². The molecule has 4 rings (SSSR count). The van der Waals surface area contributed by atoms with Crippen LogP contribution in [0, 0.1) is 5.92 Å². The molecule has 0 aromatic carbocycles. The first-order chi connectivity index (χ1) is 20.0. The molecule has 234 valence electrons. The van der Waals surface area contributed by atoms with E-state index >= 15 is 0 Å². The molecule has 42 heavy (non-hydrogen) atoms. The second kappa shape index (κ2) is 16.0. The Bertz CT molecular complexity index is 1090. The van der Waals surface area contributed by atoms with Crippen molar-refractivity contribution in [2.24, 2.45) is 5.92 Å². The Kier molecular flexibility index (Phi) is 12.8. The van der Waals surface area contributed by atoms with Crippen molar-refractivity contribution in [3.63, 3.8) is 0 Å². The van der Waals surface area contributed by atoms with Crippen LogP contribution in [0.5, 0.6) is 5.88 Å². The van der Waals surface area contributed by atoms with Crippen LogP contribution in [-0.2, 0) is 0 Å². The summed E-state index contributed by atoms with van der Waals surface area (Å²) in [6, 6.07) is 5.73. The Labute approximate surface area is 243 Å². The fourth-order valence-corrected chi connectivity index (χ4v) is 4.50. The number of carboxylic acids is 1. The molecular formula is C30H41F5N4O3. The fraction of sp³-hybridized carbons (Fsp3) is 0.633. The maximum absolute atomic E-state index is 13.1. The summed E-state index contributed by atoms with van der Waals surface area (Å²) in [6.07, 6.45) is 8.29. The molecule has 2 aromatic heterocycles. The summed E-state index contributed by atoms with van der Waals surface area (Å²) in [7, 11) is 0. The second-order valence-corrected chi connectivity index (χ2v) is 11.0. The average Bonchev–Trinajstić information content (AvgIpc) is 3.76. The average molecular weight is 601 g/mol. The maximum atomic E-state index is 13.1. The van der Waals surface area contributed by atoms with E-state index in [1.165, 1.54) is 61.4 Å². The van der Waals surface area contributed by atoms with Gasteiger partial charge in [0, 0.05) is 6.20 Å². The quantitative estimate of drug-likeness (QED) is 0.153. The highest BCUT2D eigenvalue weighted by Crippen LogP contribution is 2.38. The highest BCUT2D eigenvalue weighted by Gasteiger charge is 2.45. The number of alkyl halides is 5. The molecule has 2 aliphatic rings. The predicted octanol–water partition coefficient (Wildman–Crippen LogP) is 7.44. The van der Waals surface area contributed by atoms with Gasteiger partial charge < -0.3 is 20.1 Å². The summed E-state index contributed by atoms with van der Waals surface area (Å²) in [6.45, 7) is 2.23. The van der Waals surface area contributed by atoms with Crippen LogP contribution in [0.3, 0.4) is 0 Å². The molecule has 0 radical (unpaired) electrons. The van der Waals surface area contributed by atoms with Crippen molar-refractivity contribution < 1.29 is 36.6 Å². The SMILES string of the molecule is CCCCCCCCCCNC(c1ccccn1)C(F)(F)F.O=C(O)c1ccc(N2CC(F)(F)C2)c(OCC2CC2)n1. The first-order valence-electron chi connectivity index (χ1n) is 14.7. The number of carboxylic acid groups (broad SMARTS) is 1. The van der Waals surface area contributed by atoms with Gasteiger partial charge in [-0.15, -0.1) is 0 Å². The molecule has 1 aliphatic carbocycles. The lowest BCUT2D eigenvalue weighted by Gasteiger charge is -2.40. The molecule has 2 fully saturated rings. The largest absolute Gasteiger partial charge is 0.477 e. The van der Waals surface area contributed by atoms with Crippen LogP contribution in [-0.4, -0.2) is 59.4 Å². The Morgan fingerprint density at radius 2 is 1.74 bits per heavy atom. The van der Waals surface area contributed by atoms with E-state index in [0.29, 0.717) is 24.8 Å². The molecule has 1 aliphatic heterocycles. The van der Waals surface area contributed by atoms with E-state index < -0.39 is 24.1 Å². The summed E-state index contributed by atoms with van der Waals surface area (Å²) >= 11 is 0. The Hall–Kier alpha value is -3.02. The van der Waals surface area contributed by atoms with Gasteiger partial charge >= 0.3 is 12.1 Å². The van der Waals surface area contributed by atoms with E-state index in [4.69, 9.17) is 9.84 Å². The van der Waals surface area contributed by atoms with Crippen molar-refractivity contribution in [3.05, 3.63) is 47.9 Å². The van der Waals surface area contributed by atoms with Crippen LogP contribution in [0.4, 0.5) is 27.6 Å². The van der Waals surface area contributed by atoms with Crippen LogP contribution in [0.15, 0.2) is 36.5 Å². The van der Waals surface area contributed by atoms with Crippen molar-refractivity contribution in [1.29, 1.82) is 0 Å². The van der Waals surface area contributed by atoms with Crippen LogP contribution < -0.4 is 15.0 Å². The Morgan fingerprint density at radius 3 is 2.29 bits per heavy atom. The molecule has 1 saturated carbocycles. The van der Waals surface area contributed by atoms with Crippen molar-refractivity contribution in [2.75, 3.05) is 31.1 Å². The van der Waals surface area contributed by atoms with Crippen molar-refractivity contribution in [3.8, 4) is 5.88 Å². The van der Waals surface area contributed by atoms with Gasteiger partial charge in [0.1, 0.15) is 11.7 Å². The number of rotatable bonds is 16. The molecule has 1 unspecified atom stereocenters. The molecule has 1 saturated heterocycles. The zero-order valence-corrected chi connectivity index (χ0v) is 24.0. The number of pyridine rings is 2. The number of unbranched alkanes of at least 4 members (excludes halogenated alkanes) is 7. The zero-order valence-electron chi connectivity index (χ0n) is 24.0. The topological polar surface area (TPSA) is 87.6 Å². The van der Waals surface area contributed by atoms with Crippen LogP contribution >= 0.6 is 0 Å². The minimum atomic E-state index is -4.31. The normalized spacial score (nSPS) is 16.7. The summed E-state index contributed by atoms with van der Waals surface area (Å²) in [5.41, 5.74) is 0.322. The van der Waals surface area contributed by atoms with Crippen LogP contribution in [0.2, 0.25) is 0 Å². The number of aromatic carboxylic acids is 1. The molecule has 3 heterocycles. The van der Waals surface area contributed by atoms with E-state index in [9.17, 15) is 26.7 Å². The van der Waals surface area contributed by atoms with E-state index in [2.05, 4.69) is 22.2 Å². The summed E-state index contributed by atoms with van der Waals surface area (Å²) in [4.78, 5) is 20.1. The van der Waals surface area contributed by atoms with Gasteiger partial charge in [-0.05, 0) is 56.0 Å². The first-order valence-corrected chi connectivity index (χ1v) is 14.7. The fourth-order valence-electron chi connectivity index (χ4n) is 4.50. The third-order valence-electron chi connectivity index (χ3n) is 7.09. The van der Waals surface area contributed by atoms with E-state index in [1.807, 2.05) is 0 Å². The van der Waals surface area contributed by atoms with E-state index in [-0.39, 0.29) is 30.4 Å². The van der Waals surface area contributed by atoms with Crippen molar-refractivity contribution in [1.82, 2.24) is 15.3 Å². The van der Waals surface area contributed by atoms with Gasteiger partial charge in [-0.1, -0.05) is 57.9 Å². The molecule has 0 amide bonds. The number of nitrogens with zero attached hydrogens (tertiary/aromatic N) is 3. The minimum Gasteiger partial charge on any atom is -0.477 e. The molecule has 12 heteroatoms. The summed E-state index contributed by atoms with van der Waals surface area (Å²) < 4.78 is 70.6. The minimum absolute atomic E-state index is 0.0366. The lowest BCUT2D eigenvalue weighted by Crippen LogP contribution is -2.56. The molecule has 7 nitrogen and oxygen atoms in total. The van der Waals surface area contributed by atoms with Crippen molar-refractivity contribution in [2.45, 2.75) is 89.3 Å². The highest BCUT2D eigenvalue weighted by atomic mass is 19.4. The predicted molar refractivity (Wildman–Crippen MR) is 150 cm³/mol. The first kappa shape index (κ1) is 33.5. The molecule has 0 bridgehead atoms. The van der Waals surface area contributed by atoms with Crippen molar-refractivity contribution >= 4 is 11.7 Å². The number of halogens is 5. The monoisotopic (exact) mass is 600 g/mol. The number of aromatic nitrogens is 2. The molecule has 0 spiro atoms. The third-order valence-corrected chi connectivity index (χ3v) is 7.09. The van der Waals surface area contributed by atoms with Gasteiger partial charge in [-0.25, -0.2) is 18.6 Å². The Morgan fingerprint density at radius 1 is 1.07 bits per heavy atom. The molecule has 2 N–H and O–H groups in total. The number of anilines is 1. The summed E-state index contributed by atoms with van der Waals surface area (Å²) in [5, 5.41) is 11.5. The van der Waals surface area contributed by atoms with Crippen LogP contribution in [0.25, 0.3) is 0 Å². The van der Waals surface area contributed by atoms with Gasteiger partial charge in [0.15, 0.2) is 5.69 Å². The number of hydrogen-bond donors (Lipinski definition) is 2. The lowest BCUT2D eigenvalue weighted by molar-refractivity contribution is -0.158. The second-order valence-electron chi connectivity index (χ2n) is 11.0. The van der Waals surface area contributed by atoms with Gasteiger partial charge in [0.05, 0.1) is 25.4 Å². The number of ether oxygens (including phenoxy) is 1. The molecular weight excluding hydrogens is 559 g/mol. The van der Waals surface area contributed by atoms with E-state index in [0.717, 1.165) is 32.1 Å². The molecule has 1 atom stereocenters. The smallest absolute Gasteiger partial charge is 0.409 e. The highest BCUT2D eigenvalue weighted by molar-refractivity contribution is 5.86. The number of nitrogens with one attached hydrogen (secondary N) is 1. The number of hydrogen-bond acceptors (Lipinski definition) is 6. The van der Waals surface area contributed by atoms with Gasteiger partial charge in [0.25, 0.3) is 5.92 Å². The van der Waals surface area contributed by atoms with Crippen LogP contribution in [0.1, 0.15) is 93.4 Å². The van der Waals surface area contributed by atoms with E-state index in [1.54, 1.807) is 12.1 Å². The standard InChI is InChI=1S/C17H27F3N2.C13H14F2N2O3/c1-2-3-4-5-6-7-8-10-14-22-16(17(18,19)20)15-12-9-11-13-21-15;14-13(15)6-17(7-13)10-4-3-9(12(18)19)16-11(10)20-5-8-1-2-8/h9,11-13,16,22H,2-8,10,14H2,1H3;3-4,8H,1-2,5-7H2,(H,18,19). The lowest BCUT2D eigenvalue weighted by atomic mass is 10.1. The maximum Gasteiger partial charge on any atom is 0.409 e. The number of carbonyl (C=O) groups is 1.